The zero-order valence-electron chi connectivity index (χ0n) is 8.91. The predicted octanol–water partition coefficient (Wildman–Crippen LogP) is 2.37. The first kappa shape index (κ1) is 10.4. The van der Waals surface area contributed by atoms with Gasteiger partial charge in [0.05, 0.1) is 11.2 Å². The Morgan fingerprint density at radius 2 is 2.40 bits per heavy atom. The van der Waals surface area contributed by atoms with Gasteiger partial charge >= 0.3 is 6.03 Å². The van der Waals surface area contributed by atoms with E-state index in [1.54, 1.807) is 6.20 Å². The van der Waals surface area contributed by atoms with Crippen LogP contribution in [0.4, 0.5) is 9.80 Å². The summed E-state index contributed by atoms with van der Waals surface area (Å²) in [5.74, 6) is 0.680. The molecule has 1 fully saturated rings. The van der Waals surface area contributed by atoms with Gasteiger partial charge in [-0.15, -0.1) is 11.3 Å². The lowest BCUT2D eigenvalue weighted by atomic mass is 10.2. The molecule has 0 aliphatic heterocycles. The van der Waals surface area contributed by atoms with Crippen LogP contribution in [0.1, 0.15) is 24.8 Å². The van der Waals surface area contributed by atoms with Crippen molar-refractivity contribution in [1.29, 1.82) is 0 Å². The number of hydrogen-bond acceptors (Lipinski definition) is 3. The van der Waals surface area contributed by atoms with Gasteiger partial charge < -0.3 is 5.32 Å². The van der Waals surface area contributed by atoms with E-state index in [1.165, 1.54) is 24.2 Å². The number of nitrogens with zero attached hydrogens (tertiary/aromatic N) is 1. The van der Waals surface area contributed by atoms with Crippen molar-refractivity contribution in [2.24, 2.45) is 5.92 Å². The molecule has 2 N–H and O–H groups in total. The summed E-state index contributed by atoms with van der Waals surface area (Å²) in [4.78, 5) is 15.6. The van der Waals surface area contributed by atoms with E-state index in [-0.39, 0.29) is 12.1 Å². The van der Waals surface area contributed by atoms with Gasteiger partial charge in [-0.3, -0.25) is 5.32 Å². The fourth-order valence-corrected chi connectivity index (χ4v) is 2.16. The Morgan fingerprint density at radius 1 is 1.67 bits per heavy atom. The smallest absolute Gasteiger partial charge is 0.320 e. The summed E-state index contributed by atoms with van der Waals surface area (Å²) in [5, 5.41) is 7.47. The molecule has 1 aliphatic carbocycles. The molecular formula is C10H15N3OS. The zero-order chi connectivity index (χ0) is 10.8. The van der Waals surface area contributed by atoms with Gasteiger partial charge in [0.25, 0.3) is 0 Å². The van der Waals surface area contributed by atoms with Gasteiger partial charge in [-0.25, -0.2) is 9.78 Å². The highest BCUT2D eigenvalue weighted by atomic mass is 32.1. The third kappa shape index (κ3) is 2.92. The van der Waals surface area contributed by atoms with Crippen molar-refractivity contribution in [1.82, 2.24) is 10.3 Å². The van der Waals surface area contributed by atoms with Gasteiger partial charge in [-0.2, -0.15) is 0 Å². The summed E-state index contributed by atoms with van der Waals surface area (Å²) in [6, 6.07) is 0.150. The van der Waals surface area contributed by atoms with Crippen LogP contribution in [0.15, 0.2) is 6.20 Å². The highest BCUT2D eigenvalue weighted by molar-refractivity contribution is 7.15. The Labute approximate surface area is 93.1 Å². The summed E-state index contributed by atoms with van der Waals surface area (Å²) in [5.41, 5.74) is 0. The van der Waals surface area contributed by atoms with E-state index in [0.29, 0.717) is 5.92 Å². The van der Waals surface area contributed by atoms with Crippen molar-refractivity contribution in [3.05, 3.63) is 11.2 Å². The van der Waals surface area contributed by atoms with Crippen LogP contribution in [0.25, 0.3) is 0 Å². The van der Waals surface area contributed by atoms with Crippen molar-refractivity contribution >= 4 is 22.4 Å². The first-order valence-electron chi connectivity index (χ1n) is 5.15. The summed E-state index contributed by atoms with van der Waals surface area (Å²) in [7, 11) is 0. The molecular weight excluding hydrogens is 210 g/mol. The highest BCUT2D eigenvalue weighted by Crippen LogP contribution is 2.32. The van der Waals surface area contributed by atoms with E-state index in [2.05, 4.69) is 22.5 Å². The molecule has 0 spiro atoms. The van der Waals surface area contributed by atoms with E-state index in [0.717, 1.165) is 10.0 Å². The number of urea groups is 1. The topological polar surface area (TPSA) is 54.0 Å². The number of hydrogen-bond donors (Lipinski definition) is 2. The molecule has 82 valence electrons. The maximum atomic E-state index is 11.5. The molecule has 0 radical (unpaired) electrons. The number of thiazole rings is 1. The minimum Gasteiger partial charge on any atom is -0.335 e. The Balaban J connectivity index is 1.81. The number of amides is 2. The Kier molecular flexibility index (Phi) is 2.90. The van der Waals surface area contributed by atoms with Crippen LogP contribution in [0.5, 0.6) is 0 Å². The lowest BCUT2D eigenvalue weighted by Gasteiger charge is -2.12. The van der Waals surface area contributed by atoms with Gasteiger partial charge in [-0.1, -0.05) is 0 Å². The molecule has 0 aromatic carbocycles. The third-order valence-electron chi connectivity index (χ3n) is 2.55. The van der Waals surface area contributed by atoms with Crippen molar-refractivity contribution in [2.45, 2.75) is 32.7 Å². The number of aromatic nitrogens is 1. The average Bonchev–Trinajstić information content (AvgIpc) is 2.92. The molecule has 1 unspecified atom stereocenters. The number of anilines is 1. The minimum atomic E-state index is -0.127. The molecule has 1 saturated carbocycles. The number of aryl methyl sites for hydroxylation is 1. The first-order chi connectivity index (χ1) is 7.15. The van der Waals surface area contributed by atoms with Crippen LogP contribution in [0.3, 0.4) is 0 Å². The number of carbonyl (C=O) groups is 1. The lowest BCUT2D eigenvalue weighted by Crippen LogP contribution is -2.37. The quantitative estimate of drug-likeness (QED) is 0.829. The maximum Gasteiger partial charge on any atom is 0.320 e. The molecule has 4 nitrogen and oxygen atoms in total. The molecule has 1 aliphatic rings. The zero-order valence-corrected chi connectivity index (χ0v) is 9.73. The summed E-state index contributed by atoms with van der Waals surface area (Å²) in [6.07, 6.45) is 4.16. The third-order valence-corrected chi connectivity index (χ3v) is 3.37. The molecule has 1 heterocycles. The second-order valence-corrected chi connectivity index (χ2v) is 5.20. The van der Waals surface area contributed by atoms with Gasteiger partial charge in [0, 0.05) is 6.04 Å². The van der Waals surface area contributed by atoms with Crippen LogP contribution in [0, 0.1) is 12.8 Å². The highest BCUT2D eigenvalue weighted by Gasteiger charge is 2.28. The van der Waals surface area contributed by atoms with Crippen molar-refractivity contribution < 1.29 is 4.79 Å². The predicted molar refractivity (Wildman–Crippen MR) is 61.2 cm³/mol. The van der Waals surface area contributed by atoms with E-state index in [4.69, 9.17) is 0 Å². The normalized spacial score (nSPS) is 17.2. The SMILES string of the molecule is Cc1ncc(NC(=O)NC(C)C2CC2)s1. The Bertz CT molecular complexity index is 359. The molecule has 2 rings (SSSR count). The fraction of sp³-hybridized carbons (Fsp3) is 0.600. The fourth-order valence-electron chi connectivity index (χ4n) is 1.49. The van der Waals surface area contributed by atoms with Gasteiger partial charge in [0.15, 0.2) is 0 Å². The summed E-state index contributed by atoms with van der Waals surface area (Å²) in [6.45, 7) is 3.97. The van der Waals surface area contributed by atoms with Gasteiger partial charge in [0.2, 0.25) is 0 Å². The van der Waals surface area contributed by atoms with E-state index in [9.17, 15) is 4.79 Å². The average molecular weight is 225 g/mol. The molecule has 1 aromatic rings. The van der Waals surface area contributed by atoms with Crippen molar-refractivity contribution in [3.8, 4) is 0 Å². The van der Waals surface area contributed by atoms with Crippen LogP contribution in [0.2, 0.25) is 0 Å². The van der Waals surface area contributed by atoms with E-state index in [1.807, 2.05) is 6.92 Å². The molecule has 15 heavy (non-hydrogen) atoms. The molecule has 2 amide bonds. The summed E-state index contributed by atoms with van der Waals surface area (Å²) >= 11 is 1.48. The standard InChI is InChI=1S/C10H15N3OS/c1-6(8-3-4-8)12-10(14)13-9-5-11-7(2)15-9/h5-6,8H,3-4H2,1-2H3,(H2,12,13,14). The van der Waals surface area contributed by atoms with Crippen LogP contribution < -0.4 is 10.6 Å². The lowest BCUT2D eigenvalue weighted by molar-refractivity contribution is 0.248. The van der Waals surface area contributed by atoms with Crippen LogP contribution in [-0.2, 0) is 0 Å². The Morgan fingerprint density at radius 3 is 2.93 bits per heavy atom. The van der Waals surface area contributed by atoms with E-state index < -0.39 is 0 Å². The monoisotopic (exact) mass is 225 g/mol. The largest absolute Gasteiger partial charge is 0.335 e. The number of nitrogens with one attached hydrogen (secondary N) is 2. The molecule has 1 aromatic heterocycles. The van der Waals surface area contributed by atoms with Crippen LogP contribution >= 0.6 is 11.3 Å². The maximum absolute atomic E-state index is 11.5. The van der Waals surface area contributed by atoms with Gasteiger partial charge in [-0.05, 0) is 32.6 Å². The molecule has 0 bridgehead atoms. The minimum absolute atomic E-state index is 0.127. The van der Waals surface area contributed by atoms with Gasteiger partial charge in [0.1, 0.15) is 5.00 Å². The molecule has 5 heteroatoms. The molecule has 0 saturated heterocycles. The first-order valence-corrected chi connectivity index (χ1v) is 5.97. The number of rotatable bonds is 3. The second kappa shape index (κ2) is 4.18. The van der Waals surface area contributed by atoms with Crippen molar-refractivity contribution in [3.63, 3.8) is 0 Å². The Hall–Kier alpha value is -1.10. The van der Waals surface area contributed by atoms with Crippen molar-refractivity contribution in [2.75, 3.05) is 5.32 Å². The molecule has 1 atom stereocenters. The second-order valence-electron chi connectivity index (χ2n) is 3.97. The van der Waals surface area contributed by atoms with Crippen LogP contribution in [-0.4, -0.2) is 17.1 Å². The van der Waals surface area contributed by atoms with E-state index >= 15 is 0 Å². The number of carbonyl (C=O) groups excluding carboxylic acids is 1. The summed E-state index contributed by atoms with van der Waals surface area (Å²) < 4.78 is 0.